The third-order valence-corrected chi connectivity index (χ3v) is 4.98. The highest BCUT2D eigenvalue weighted by atomic mass is 35.5. The van der Waals surface area contributed by atoms with E-state index < -0.39 is 0 Å². The van der Waals surface area contributed by atoms with Crippen molar-refractivity contribution >= 4 is 51.2 Å². The van der Waals surface area contributed by atoms with Crippen molar-refractivity contribution in [3.8, 4) is 0 Å². The normalized spacial score (nSPS) is 10.8. The molecule has 2 aromatic rings. The lowest BCUT2D eigenvalue weighted by molar-refractivity contribution is -0.113. The van der Waals surface area contributed by atoms with Gasteiger partial charge in [-0.1, -0.05) is 37.6 Å². The van der Waals surface area contributed by atoms with Crippen LogP contribution >= 0.6 is 34.5 Å². The standard InChI is InChI=1S/C16H15Cl2NO2S/c1-9(2)13-7-11(16(22-13)19-14(20)8-17)15(21)10-5-3-4-6-12(10)18/h3-7,9H,8H2,1-2H3,(H,19,20). The van der Waals surface area contributed by atoms with Gasteiger partial charge in [0.05, 0.1) is 10.6 Å². The molecule has 0 fully saturated rings. The highest BCUT2D eigenvalue weighted by Crippen LogP contribution is 2.35. The second-order valence-electron chi connectivity index (χ2n) is 5.04. The predicted molar refractivity (Wildman–Crippen MR) is 92.6 cm³/mol. The summed E-state index contributed by atoms with van der Waals surface area (Å²) in [7, 11) is 0. The molecule has 116 valence electrons. The van der Waals surface area contributed by atoms with Gasteiger partial charge in [-0.15, -0.1) is 22.9 Å². The van der Waals surface area contributed by atoms with Crippen LogP contribution in [0.15, 0.2) is 30.3 Å². The molecule has 0 aliphatic heterocycles. The van der Waals surface area contributed by atoms with Gasteiger partial charge in [0, 0.05) is 10.4 Å². The molecule has 3 nitrogen and oxygen atoms in total. The van der Waals surface area contributed by atoms with Gasteiger partial charge in [0.2, 0.25) is 5.91 Å². The number of anilines is 1. The summed E-state index contributed by atoms with van der Waals surface area (Å²) in [4.78, 5) is 25.3. The highest BCUT2D eigenvalue weighted by Gasteiger charge is 2.21. The lowest BCUT2D eigenvalue weighted by Gasteiger charge is -2.05. The van der Waals surface area contributed by atoms with E-state index in [0.29, 0.717) is 21.2 Å². The van der Waals surface area contributed by atoms with Gasteiger partial charge in [-0.25, -0.2) is 0 Å². The minimum atomic E-state index is -0.341. The van der Waals surface area contributed by atoms with E-state index >= 15 is 0 Å². The smallest absolute Gasteiger partial charge is 0.239 e. The van der Waals surface area contributed by atoms with Crippen molar-refractivity contribution in [2.45, 2.75) is 19.8 Å². The monoisotopic (exact) mass is 355 g/mol. The Bertz CT molecular complexity index is 710. The van der Waals surface area contributed by atoms with Gasteiger partial charge in [0.1, 0.15) is 10.9 Å². The minimum absolute atomic E-state index is 0.158. The quantitative estimate of drug-likeness (QED) is 0.610. The first kappa shape index (κ1) is 17.0. The summed E-state index contributed by atoms with van der Waals surface area (Å²) in [6, 6.07) is 8.67. The fraction of sp³-hybridized carbons (Fsp3) is 0.250. The summed E-state index contributed by atoms with van der Waals surface area (Å²) >= 11 is 13.0. The zero-order chi connectivity index (χ0) is 16.3. The van der Waals surface area contributed by atoms with Crippen LogP contribution in [0.5, 0.6) is 0 Å². The number of thiophene rings is 1. The zero-order valence-electron chi connectivity index (χ0n) is 12.2. The van der Waals surface area contributed by atoms with Crippen LogP contribution in [0.4, 0.5) is 5.00 Å². The van der Waals surface area contributed by atoms with Crippen LogP contribution < -0.4 is 5.32 Å². The van der Waals surface area contributed by atoms with E-state index in [1.165, 1.54) is 11.3 Å². The van der Waals surface area contributed by atoms with Gasteiger partial charge in [-0.05, 0) is 24.1 Å². The van der Waals surface area contributed by atoms with Gasteiger partial charge in [0.25, 0.3) is 0 Å². The van der Waals surface area contributed by atoms with Crippen LogP contribution in [-0.4, -0.2) is 17.6 Å². The van der Waals surface area contributed by atoms with Crippen LogP contribution in [0.2, 0.25) is 5.02 Å². The summed E-state index contributed by atoms with van der Waals surface area (Å²) in [5.41, 5.74) is 0.860. The van der Waals surface area contributed by atoms with Crippen LogP contribution in [0, 0.1) is 0 Å². The van der Waals surface area contributed by atoms with Crippen LogP contribution in [0.25, 0.3) is 0 Å². The molecule has 2 rings (SSSR count). The van der Waals surface area contributed by atoms with E-state index in [1.807, 2.05) is 19.9 Å². The fourth-order valence-corrected chi connectivity index (χ4v) is 3.27. The number of ketones is 1. The van der Waals surface area contributed by atoms with E-state index in [1.54, 1.807) is 24.3 Å². The molecule has 22 heavy (non-hydrogen) atoms. The third-order valence-electron chi connectivity index (χ3n) is 3.06. The van der Waals surface area contributed by atoms with Crippen LogP contribution in [-0.2, 0) is 4.79 Å². The molecule has 0 saturated heterocycles. The van der Waals surface area contributed by atoms with Crippen molar-refractivity contribution < 1.29 is 9.59 Å². The number of amides is 1. The number of alkyl halides is 1. The number of benzene rings is 1. The first-order valence-electron chi connectivity index (χ1n) is 6.72. The highest BCUT2D eigenvalue weighted by molar-refractivity contribution is 7.16. The van der Waals surface area contributed by atoms with Crippen LogP contribution in [0.3, 0.4) is 0 Å². The maximum Gasteiger partial charge on any atom is 0.239 e. The van der Waals surface area contributed by atoms with E-state index in [9.17, 15) is 9.59 Å². The molecule has 1 aromatic carbocycles. The molecule has 0 saturated carbocycles. The molecule has 1 N–H and O–H groups in total. The molecule has 0 unspecified atom stereocenters. The number of hydrogen-bond acceptors (Lipinski definition) is 3. The Morgan fingerprint density at radius 1 is 1.23 bits per heavy atom. The average Bonchev–Trinajstić information content (AvgIpc) is 2.91. The van der Waals surface area contributed by atoms with Crippen molar-refractivity contribution in [3.05, 3.63) is 51.4 Å². The van der Waals surface area contributed by atoms with Gasteiger partial charge in [0.15, 0.2) is 5.78 Å². The maximum atomic E-state index is 12.7. The number of hydrogen-bond donors (Lipinski definition) is 1. The molecule has 1 amide bonds. The molecule has 0 spiro atoms. The molecular weight excluding hydrogens is 341 g/mol. The van der Waals surface area contributed by atoms with Crippen molar-refractivity contribution in [1.29, 1.82) is 0 Å². The summed E-state index contributed by atoms with van der Waals surface area (Å²) < 4.78 is 0. The van der Waals surface area contributed by atoms with Crippen LogP contribution in [0.1, 0.15) is 40.6 Å². The molecule has 0 bridgehead atoms. The van der Waals surface area contributed by atoms with Gasteiger partial charge in [-0.3, -0.25) is 9.59 Å². The second kappa shape index (κ2) is 7.27. The van der Waals surface area contributed by atoms with Crippen molar-refractivity contribution in [3.63, 3.8) is 0 Å². The first-order valence-corrected chi connectivity index (χ1v) is 8.45. The summed E-state index contributed by atoms with van der Waals surface area (Å²) in [5, 5.41) is 3.59. The Hall–Kier alpha value is -1.36. The maximum absolute atomic E-state index is 12.7. The molecule has 0 aliphatic carbocycles. The molecular formula is C16H15Cl2NO2S. The third kappa shape index (κ3) is 3.69. The van der Waals surface area contributed by atoms with Gasteiger partial charge in [-0.2, -0.15) is 0 Å². The van der Waals surface area contributed by atoms with E-state index in [0.717, 1.165) is 4.88 Å². The second-order valence-corrected chi connectivity index (χ2v) is 6.80. The summed E-state index contributed by atoms with van der Waals surface area (Å²) in [6.45, 7) is 4.06. The van der Waals surface area contributed by atoms with E-state index in [4.69, 9.17) is 23.2 Å². The van der Waals surface area contributed by atoms with Crippen molar-refractivity contribution in [2.24, 2.45) is 0 Å². The molecule has 0 atom stereocenters. The average molecular weight is 356 g/mol. The topological polar surface area (TPSA) is 46.2 Å². The Labute approximate surface area is 143 Å². The predicted octanol–water partition coefficient (Wildman–Crippen LogP) is 4.93. The number of rotatable bonds is 5. The number of carbonyl (C=O) groups is 2. The SMILES string of the molecule is CC(C)c1cc(C(=O)c2ccccc2Cl)c(NC(=O)CCl)s1. The van der Waals surface area contributed by atoms with Gasteiger partial charge < -0.3 is 5.32 Å². The summed E-state index contributed by atoms with van der Waals surface area (Å²) in [6.07, 6.45) is 0. The lowest BCUT2D eigenvalue weighted by atomic mass is 10.0. The summed E-state index contributed by atoms with van der Waals surface area (Å²) in [5.74, 6) is -0.454. The number of halogens is 2. The Morgan fingerprint density at radius 3 is 2.50 bits per heavy atom. The van der Waals surface area contributed by atoms with Crippen molar-refractivity contribution in [2.75, 3.05) is 11.2 Å². The molecule has 1 heterocycles. The Morgan fingerprint density at radius 2 is 1.91 bits per heavy atom. The molecule has 0 aliphatic rings. The lowest BCUT2D eigenvalue weighted by Crippen LogP contribution is -2.14. The molecule has 6 heteroatoms. The number of nitrogens with one attached hydrogen (secondary N) is 1. The van der Waals surface area contributed by atoms with E-state index in [-0.39, 0.29) is 23.5 Å². The Balaban J connectivity index is 2.46. The minimum Gasteiger partial charge on any atom is -0.316 e. The Kier molecular flexibility index (Phi) is 5.62. The van der Waals surface area contributed by atoms with E-state index in [2.05, 4.69) is 5.32 Å². The van der Waals surface area contributed by atoms with Crippen molar-refractivity contribution in [1.82, 2.24) is 0 Å². The molecule has 1 aromatic heterocycles. The zero-order valence-corrected chi connectivity index (χ0v) is 14.5. The largest absolute Gasteiger partial charge is 0.316 e. The molecule has 0 radical (unpaired) electrons. The number of carbonyl (C=O) groups excluding carboxylic acids is 2. The fourth-order valence-electron chi connectivity index (χ4n) is 1.91. The van der Waals surface area contributed by atoms with Gasteiger partial charge >= 0.3 is 0 Å². The first-order chi connectivity index (χ1) is 10.4.